The van der Waals surface area contributed by atoms with Crippen molar-refractivity contribution in [3.8, 4) is 5.75 Å². The molecule has 0 saturated carbocycles. The molecule has 0 aliphatic rings. The zero-order chi connectivity index (χ0) is 18.9. The monoisotopic (exact) mass is 391 g/mol. The fraction of sp³-hybridized carbons (Fsp3) is 0.300. The molecule has 4 N–H and O–H groups in total. The van der Waals surface area contributed by atoms with E-state index in [0.717, 1.165) is 16.8 Å². The van der Waals surface area contributed by atoms with Gasteiger partial charge in [-0.2, -0.15) is 0 Å². The number of benzene rings is 2. The van der Waals surface area contributed by atoms with Crippen molar-refractivity contribution in [2.24, 2.45) is 5.73 Å². The van der Waals surface area contributed by atoms with Gasteiger partial charge in [0, 0.05) is 12.2 Å². The summed E-state index contributed by atoms with van der Waals surface area (Å²) in [5.74, 6) is 0.244. The number of nitrogens with two attached hydrogens (primary N) is 1. The number of nitrogens with one attached hydrogen (secondary N) is 2. The van der Waals surface area contributed by atoms with Crippen molar-refractivity contribution >= 4 is 29.9 Å². The summed E-state index contributed by atoms with van der Waals surface area (Å²) in [4.78, 5) is 23.3. The second kappa shape index (κ2) is 11.2. The number of carbonyl (C=O) groups excluding carboxylic acids is 2. The molecule has 0 aromatic heterocycles. The highest BCUT2D eigenvalue weighted by molar-refractivity contribution is 5.91. The first-order valence-corrected chi connectivity index (χ1v) is 8.55. The molecular weight excluding hydrogens is 366 g/mol. The largest absolute Gasteiger partial charge is 0.484 e. The maximum atomic E-state index is 11.9. The van der Waals surface area contributed by atoms with Crippen LogP contribution in [0.25, 0.3) is 0 Å². The summed E-state index contributed by atoms with van der Waals surface area (Å²) in [6, 6.07) is 14.5. The van der Waals surface area contributed by atoms with E-state index in [9.17, 15) is 9.59 Å². The minimum Gasteiger partial charge on any atom is -0.484 e. The maximum Gasteiger partial charge on any atom is 0.262 e. The van der Waals surface area contributed by atoms with Crippen LogP contribution in [0.15, 0.2) is 48.5 Å². The number of halogens is 1. The molecule has 0 heterocycles. The summed E-state index contributed by atoms with van der Waals surface area (Å²) in [6.45, 7) is 4.11. The molecule has 0 fully saturated rings. The SMILES string of the molecule is Cc1ccc(NC(=O)COc2ccc(CCNC(=O)[C@@H](C)N)cc2)cc1.Cl. The molecule has 2 aromatic carbocycles. The van der Waals surface area contributed by atoms with Gasteiger partial charge in [0.05, 0.1) is 6.04 Å². The molecule has 0 unspecified atom stereocenters. The Hall–Kier alpha value is -2.57. The number of aryl methyl sites for hydroxylation is 1. The molecule has 0 spiro atoms. The Balaban J connectivity index is 0.00000364. The molecule has 2 aromatic rings. The second-order valence-corrected chi connectivity index (χ2v) is 6.18. The van der Waals surface area contributed by atoms with Crippen molar-refractivity contribution < 1.29 is 14.3 Å². The number of amides is 2. The van der Waals surface area contributed by atoms with Crippen LogP contribution in [-0.2, 0) is 16.0 Å². The molecule has 2 amide bonds. The van der Waals surface area contributed by atoms with Crippen molar-refractivity contribution in [2.45, 2.75) is 26.3 Å². The van der Waals surface area contributed by atoms with E-state index in [1.54, 1.807) is 6.92 Å². The van der Waals surface area contributed by atoms with Gasteiger partial charge in [-0.25, -0.2) is 0 Å². The predicted molar refractivity (Wildman–Crippen MR) is 109 cm³/mol. The lowest BCUT2D eigenvalue weighted by Crippen LogP contribution is -2.39. The van der Waals surface area contributed by atoms with Crippen molar-refractivity contribution in [2.75, 3.05) is 18.5 Å². The van der Waals surface area contributed by atoms with Crippen LogP contribution in [0.4, 0.5) is 5.69 Å². The van der Waals surface area contributed by atoms with E-state index in [1.165, 1.54) is 0 Å². The summed E-state index contributed by atoms with van der Waals surface area (Å²) < 4.78 is 5.49. The fourth-order valence-electron chi connectivity index (χ4n) is 2.23. The first kappa shape index (κ1) is 22.5. The highest BCUT2D eigenvalue weighted by Crippen LogP contribution is 2.13. The number of hydrogen-bond donors (Lipinski definition) is 3. The zero-order valence-electron chi connectivity index (χ0n) is 15.5. The highest BCUT2D eigenvalue weighted by Gasteiger charge is 2.06. The summed E-state index contributed by atoms with van der Waals surface area (Å²) in [5, 5.41) is 5.55. The molecule has 146 valence electrons. The summed E-state index contributed by atoms with van der Waals surface area (Å²) in [6.07, 6.45) is 0.701. The van der Waals surface area contributed by atoms with Crippen LogP contribution >= 0.6 is 12.4 Å². The van der Waals surface area contributed by atoms with Crippen LogP contribution in [0.2, 0.25) is 0 Å². The Morgan fingerprint density at radius 1 is 1.07 bits per heavy atom. The molecule has 0 aliphatic carbocycles. The molecule has 0 radical (unpaired) electrons. The average molecular weight is 392 g/mol. The van der Waals surface area contributed by atoms with Gasteiger partial charge < -0.3 is 21.1 Å². The van der Waals surface area contributed by atoms with E-state index in [-0.39, 0.29) is 30.8 Å². The third kappa shape index (κ3) is 8.11. The van der Waals surface area contributed by atoms with Gasteiger partial charge in [-0.05, 0) is 50.1 Å². The molecular formula is C20H26ClN3O3. The van der Waals surface area contributed by atoms with Crippen LogP contribution in [-0.4, -0.2) is 31.0 Å². The maximum absolute atomic E-state index is 11.9. The van der Waals surface area contributed by atoms with Gasteiger partial charge in [-0.1, -0.05) is 29.8 Å². The van der Waals surface area contributed by atoms with E-state index in [4.69, 9.17) is 10.5 Å². The van der Waals surface area contributed by atoms with E-state index < -0.39 is 6.04 Å². The number of rotatable bonds is 8. The minimum atomic E-state index is -0.503. The van der Waals surface area contributed by atoms with Gasteiger partial charge in [0.2, 0.25) is 5.91 Å². The van der Waals surface area contributed by atoms with Crippen molar-refractivity contribution in [1.29, 1.82) is 0 Å². The molecule has 27 heavy (non-hydrogen) atoms. The number of anilines is 1. The standard InChI is InChI=1S/C20H25N3O3.ClH/c1-14-3-7-17(8-4-14)23-19(24)13-26-18-9-5-16(6-10-18)11-12-22-20(25)15(2)21;/h3-10,15H,11-13,21H2,1-2H3,(H,22,25)(H,23,24);1H/t15-;/m1./s1. The first-order chi connectivity index (χ1) is 12.4. The normalized spacial score (nSPS) is 11.1. The average Bonchev–Trinajstić information content (AvgIpc) is 2.63. The van der Waals surface area contributed by atoms with E-state index in [2.05, 4.69) is 10.6 Å². The molecule has 2 rings (SSSR count). The van der Waals surface area contributed by atoms with Gasteiger partial charge >= 0.3 is 0 Å². The van der Waals surface area contributed by atoms with E-state index in [0.29, 0.717) is 18.7 Å². The topological polar surface area (TPSA) is 93.5 Å². The second-order valence-electron chi connectivity index (χ2n) is 6.18. The Labute approximate surface area is 165 Å². The van der Waals surface area contributed by atoms with Gasteiger partial charge in [0.15, 0.2) is 6.61 Å². The first-order valence-electron chi connectivity index (χ1n) is 8.55. The third-order valence-corrected chi connectivity index (χ3v) is 3.76. The number of hydrogen-bond acceptors (Lipinski definition) is 4. The van der Waals surface area contributed by atoms with Gasteiger partial charge in [-0.3, -0.25) is 9.59 Å². The minimum absolute atomic E-state index is 0. The van der Waals surface area contributed by atoms with E-state index in [1.807, 2.05) is 55.5 Å². The van der Waals surface area contributed by atoms with E-state index >= 15 is 0 Å². The van der Waals surface area contributed by atoms with Crippen molar-refractivity contribution in [3.63, 3.8) is 0 Å². The Bertz CT molecular complexity index is 731. The van der Waals surface area contributed by atoms with Gasteiger partial charge in [-0.15, -0.1) is 12.4 Å². The molecule has 7 heteroatoms. The van der Waals surface area contributed by atoms with Crippen molar-refractivity contribution in [1.82, 2.24) is 5.32 Å². The van der Waals surface area contributed by atoms with Gasteiger partial charge in [0.25, 0.3) is 5.91 Å². The van der Waals surface area contributed by atoms with Crippen LogP contribution in [0, 0.1) is 6.92 Å². The smallest absolute Gasteiger partial charge is 0.262 e. The van der Waals surface area contributed by atoms with Crippen LogP contribution < -0.4 is 21.1 Å². The molecule has 0 bridgehead atoms. The highest BCUT2D eigenvalue weighted by atomic mass is 35.5. The quantitative estimate of drug-likeness (QED) is 0.644. The molecule has 0 saturated heterocycles. The van der Waals surface area contributed by atoms with Crippen LogP contribution in [0.5, 0.6) is 5.75 Å². The zero-order valence-corrected chi connectivity index (χ0v) is 16.3. The van der Waals surface area contributed by atoms with Crippen LogP contribution in [0.3, 0.4) is 0 Å². The lowest BCUT2D eigenvalue weighted by Gasteiger charge is -2.09. The fourth-order valence-corrected chi connectivity index (χ4v) is 2.23. The number of ether oxygens (including phenoxy) is 1. The Morgan fingerprint density at radius 2 is 1.70 bits per heavy atom. The predicted octanol–water partition coefficient (Wildman–Crippen LogP) is 2.44. The lowest BCUT2D eigenvalue weighted by molar-refractivity contribution is -0.122. The van der Waals surface area contributed by atoms with Crippen LogP contribution in [0.1, 0.15) is 18.1 Å². The molecule has 6 nitrogen and oxygen atoms in total. The summed E-state index contributed by atoms with van der Waals surface area (Å²) >= 11 is 0. The summed E-state index contributed by atoms with van der Waals surface area (Å²) in [7, 11) is 0. The Morgan fingerprint density at radius 3 is 2.30 bits per heavy atom. The third-order valence-electron chi connectivity index (χ3n) is 3.76. The molecule has 0 aliphatic heterocycles. The number of carbonyl (C=O) groups is 2. The molecule has 1 atom stereocenters. The van der Waals surface area contributed by atoms with Gasteiger partial charge in [0.1, 0.15) is 5.75 Å². The summed E-state index contributed by atoms with van der Waals surface area (Å²) in [5.41, 5.74) is 8.43. The lowest BCUT2D eigenvalue weighted by atomic mass is 10.1. The van der Waals surface area contributed by atoms with Crippen molar-refractivity contribution in [3.05, 3.63) is 59.7 Å². The Kier molecular flexibility index (Phi) is 9.33.